The van der Waals surface area contributed by atoms with Crippen LogP contribution in [0.2, 0.25) is 0 Å². The van der Waals surface area contributed by atoms with E-state index in [-0.39, 0.29) is 12.0 Å². The van der Waals surface area contributed by atoms with Crippen LogP contribution in [-0.4, -0.2) is 17.6 Å². The molecule has 5 heteroatoms. The van der Waals surface area contributed by atoms with Crippen LogP contribution in [0.3, 0.4) is 0 Å². The van der Waals surface area contributed by atoms with Gasteiger partial charge in [-0.25, -0.2) is 9.78 Å². The van der Waals surface area contributed by atoms with Crippen molar-refractivity contribution in [2.24, 2.45) is 0 Å². The summed E-state index contributed by atoms with van der Waals surface area (Å²) in [5, 5.41) is 3.62. The van der Waals surface area contributed by atoms with Gasteiger partial charge < -0.3 is 14.5 Å². The van der Waals surface area contributed by atoms with Gasteiger partial charge in [-0.05, 0) is 67.4 Å². The molecule has 5 nitrogen and oxygen atoms in total. The van der Waals surface area contributed by atoms with Crippen LogP contribution in [0.4, 0.5) is 5.69 Å². The zero-order valence-electron chi connectivity index (χ0n) is 18.5. The van der Waals surface area contributed by atoms with Gasteiger partial charge in [0.15, 0.2) is 5.58 Å². The van der Waals surface area contributed by atoms with E-state index in [9.17, 15) is 4.79 Å². The van der Waals surface area contributed by atoms with Gasteiger partial charge in [-0.2, -0.15) is 0 Å². The molecule has 0 aliphatic rings. The molecule has 0 saturated carbocycles. The topological polar surface area (TPSA) is 64.4 Å². The van der Waals surface area contributed by atoms with Crippen LogP contribution in [0.1, 0.15) is 55.1 Å². The predicted octanol–water partition coefficient (Wildman–Crippen LogP) is 7.01. The third-order valence-electron chi connectivity index (χ3n) is 5.44. The van der Waals surface area contributed by atoms with Gasteiger partial charge in [0.05, 0.1) is 18.2 Å². The summed E-state index contributed by atoms with van der Waals surface area (Å²) in [6, 6.07) is 23.8. The van der Waals surface area contributed by atoms with Gasteiger partial charge in [-0.15, -0.1) is 0 Å². The van der Waals surface area contributed by atoms with Gasteiger partial charge in [0.1, 0.15) is 5.52 Å². The Morgan fingerprint density at radius 2 is 1.75 bits per heavy atom. The molecule has 0 spiro atoms. The minimum atomic E-state index is -0.295. The molecule has 0 amide bonds. The summed E-state index contributed by atoms with van der Waals surface area (Å²) in [7, 11) is 0. The van der Waals surface area contributed by atoms with Crippen LogP contribution in [-0.2, 0) is 4.74 Å². The molecule has 32 heavy (non-hydrogen) atoms. The molecule has 1 heterocycles. The summed E-state index contributed by atoms with van der Waals surface area (Å²) in [6.07, 6.45) is 3.25. The summed E-state index contributed by atoms with van der Waals surface area (Å²) in [5.41, 5.74) is 5.35. The molecule has 0 bridgehead atoms. The molecule has 1 aromatic heterocycles. The third kappa shape index (κ3) is 4.99. The number of anilines is 1. The molecule has 1 N–H and O–H groups in total. The average Bonchev–Trinajstić information content (AvgIpc) is 3.27. The van der Waals surface area contributed by atoms with Crippen LogP contribution < -0.4 is 5.32 Å². The van der Waals surface area contributed by atoms with Crippen molar-refractivity contribution in [3.05, 3.63) is 83.9 Å². The number of oxazole rings is 1. The van der Waals surface area contributed by atoms with Crippen molar-refractivity contribution in [3.8, 4) is 11.5 Å². The van der Waals surface area contributed by atoms with E-state index >= 15 is 0 Å². The monoisotopic (exact) mass is 428 g/mol. The Morgan fingerprint density at radius 1 is 1.00 bits per heavy atom. The maximum Gasteiger partial charge on any atom is 0.338 e. The number of para-hydroxylation sites is 2. The standard InChI is InChI=1S/C27H28N2O3/c1-3-5-8-23(28-22-17-15-21(16-18-22)27(30)31-4-2)19-11-13-20(14-12-19)26-29-24-9-6-7-10-25(24)32-26/h6-7,9-18,23,28H,3-5,8H2,1-2H3/t23-/m0/s1. The lowest BCUT2D eigenvalue weighted by Crippen LogP contribution is -2.11. The lowest BCUT2D eigenvalue weighted by Gasteiger charge is -2.21. The Bertz CT molecular complexity index is 1130. The highest BCUT2D eigenvalue weighted by Gasteiger charge is 2.14. The average molecular weight is 429 g/mol. The molecule has 0 radical (unpaired) electrons. The number of fused-ring (bicyclic) bond motifs is 1. The Labute approximate surface area is 188 Å². The van der Waals surface area contributed by atoms with Gasteiger partial charge in [0.25, 0.3) is 0 Å². The highest BCUT2D eigenvalue weighted by molar-refractivity contribution is 5.89. The zero-order valence-corrected chi connectivity index (χ0v) is 18.5. The van der Waals surface area contributed by atoms with Gasteiger partial charge in [-0.1, -0.05) is 44.0 Å². The van der Waals surface area contributed by atoms with Crippen molar-refractivity contribution >= 4 is 22.8 Å². The van der Waals surface area contributed by atoms with Gasteiger partial charge >= 0.3 is 5.97 Å². The fourth-order valence-electron chi connectivity index (χ4n) is 3.70. The fourth-order valence-corrected chi connectivity index (χ4v) is 3.70. The minimum absolute atomic E-state index is 0.168. The lowest BCUT2D eigenvalue weighted by atomic mass is 9.99. The number of hydrogen-bond acceptors (Lipinski definition) is 5. The first-order valence-electron chi connectivity index (χ1n) is 11.2. The number of ether oxygens (including phenoxy) is 1. The number of benzene rings is 3. The summed E-state index contributed by atoms with van der Waals surface area (Å²) in [6.45, 7) is 4.38. The van der Waals surface area contributed by atoms with Gasteiger partial charge in [-0.3, -0.25) is 0 Å². The minimum Gasteiger partial charge on any atom is -0.462 e. The van der Waals surface area contributed by atoms with Gasteiger partial charge in [0, 0.05) is 11.3 Å². The molecule has 0 fully saturated rings. The Morgan fingerprint density at radius 3 is 2.44 bits per heavy atom. The number of hydrogen-bond donors (Lipinski definition) is 1. The SMILES string of the molecule is CCCC[C@H](Nc1ccc(C(=O)OCC)cc1)c1ccc(-c2nc3ccccc3o2)cc1. The molecule has 3 aromatic carbocycles. The molecule has 4 aromatic rings. The summed E-state index contributed by atoms with van der Waals surface area (Å²) in [5.74, 6) is 0.335. The van der Waals surface area contributed by atoms with Crippen molar-refractivity contribution < 1.29 is 13.9 Å². The molecular formula is C27H28N2O3. The number of aromatic nitrogens is 1. The first kappa shape index (κ1) is 21.6. The molecule has 0 aliphatic carbocycles. The van der Waals surface area contributed by atoms with E-state index < -0.39 is 0 Å². The third-order valence-corrected chi connectivity index (χ3v) is 5.44. The molecule has 0 aliphatic heterocycles. The van der Waals surface area contributed by atoms with E-state index in [4.69, 9.17) is 9.15 Å². The number of carbonyl (C=O) groups is 1. The quantitative estimate of drug-likeness (QED) is 0.290. The largest absolute Gasteiger partial charge is 0.462 e. The molecular weight excluding hydrogens is 400 g/mol. The summed E-state index contributed by atoms with van der Waals surface area (Å²) < 4.78 is 11.0. The fraction of sp³-hybridized carbons (Fsp3) is 0.259. The van der Waals surface area contributed by atoms with E-state index in [1.807, 2.05) is 43.3 Å². The first-order chi connectivity index (χ1) is 15.7. The molecule has 0 saturated heterocycles. The number of nitrogens with one attached hydrogen (secondary N) is 1. The molecule has 4 rings (SSSR count). The second-order valence-electron chi connectivity index (χ2n) is 7.75. The molecule has 1 atom stereocenters. The number of nitrogens with zero attached hydrogens (tertiary/aromatic N) is 1. The second-order valence-corrected chi connectivity index (χ2v) is 7.75. The first-order valence-corrected chi connectivity index (χ1v) is 11.2. The van der Waals surface area contributed by atoms with E-state index in [0.29, 0.717) is 18.1 Å². The van der Waals surface area contributed by atoms with Crippen molar-refractivity contribution in [1.82, 2.24) is 4.98 Å². The lowest BCUT2D eigenvalue weighted by molar-refractivity contribution is 0.0526. The predicted molar refractivity (Wildman–Crippen MR) is 128 cm³/mol. The van der Waals surface area contributed by atoms with Crippen LogP contribution in [0.15, 0.2) is 77.2 Å². The Balaban J connectivity index is 1.51. The number of rotatable bonds is 9. The zero-order chi connectivity index (χ0) is 22.3. The van der Waals surface area contributed by atoms with Crippen molar-refractivity contribution in [2.75, 3.05) is 11.9 Å². The Hall–Kier alpha value is -3.60. The van der Waals surface area contributed by atoms with E-state index in [2.05, 4.69) is 41.5 Å². The van der Waals surface area contributed by atoms with E-state index in [1.165, 1.54) is 5.56 Å². The summed E-state index contributed by atoms with van der Waals surface area (Å²) >= 11 is 0. The van der Waals surface area contributed by atoms with Crippen molar-refractivity contribution in [3.63, 3.8) is 0 Å². The summed E-state index contributed by atoms with van der Waals surface area (Å²) in [4.78, 5) is 16.5. The second kappa shape index (κ2) is 10.1. The van der Waals surface area contributed by atoms with Crippen LogP contribution in [0.5, 0.6) is 0 Å². The number of carbonyl (C=O) groups excluding carboxylic acids is 1. The number of unbranched alkanes of at least 4 members (excludes halogenated alkanes) is 1. The molecule has 164 valence electrons. The highest BCUT2D eigenvalue weighted by atomic mass is 16.5. The van der Waals surface area contributed by atoms with E-state index in [0.717, 1.165) is 41.6 Å². The van der Waals surface area contributed by atoms with Gasteiger partial charge in [0.2, 0.25) is 5.89 Å². The maximum atomic E-state index is 11.9. The smallest absolute Gasteiger partial charge is 0.338 e. The van der Waals surface area contributed by atoms with E-state index in [1.54, 1.807) is 12.1 Å². The number of esters is 1. The maximum absolute atomic E-state index is 11.9. The van der Waals surface area contributed by atoms with Crippen molar-refractivity contribution in [2.45, 2.75) is 39.2 Å². The van der Waals surface area contributed by atoms with Crippen LogP contribution >= 0.6 is 0 Å². The van der Waals surface area contributed by atoms with Crippen molar-refractivity contribution in [1.29, 1.82) is 0 Å². The highest BCUT2D eigenvalue weighted by Crippen LogP contribution is 2.29. The molecule has 0 unspecified atom stereocenters. The Kier molecular flexibility index (Phi) is 6.85. The van der Waals surface area contributed by atoms with Crippen LogP contribution in [0.25, 0.3) is 22.6 Å². The normalized spacial score (nSPS) is 11.9. The van der Waals surface area contributed by atoms with Crippen LogP contribution in [0, 0.1) is 0 Å².